The smallest absolute Gasteiger partial charge is 0.0730 e. The highest BCUT2D eigenvalue weighted by atomic mass is 15.1. The average Bonchev–Trinajstić information content (AvgIpc) is 2.85. The minimum atomic E-state index is 0.642. The van der Waals surface area contributed by atoms with Gasteiger partial charge in [0, 0.05) is 28.1 Å². The van der Waals surface area contributed by atoms with E-state index in [-0.39, 0.29) is 0 Å². The molecule has 4 nitrogen and oxygen atoms in total. The van der Waals surface area contributed by atoms with Gasteiger partial charge in [0.2, 0.25) is 0 Å². The summed E-state index contributed by atoms with van der Waals surface area (Å²) in [5.74, 6) is 0. The maximum absolute atomic E-state index is 4.83. The quantitative estimate of drug-likeness (QED) is 0.199. The Bertz CT molecular complexity index is 1360. The van der Waals surface area contributed by atoms with E-state index in [4.69, 9.17) is 9.97 Å². The number of fused-ring (bicyclic) bond motifs is 4. The molecule has 32 heavy (non-hydrogen) atoms. The van der Waals surface area contributed by atoms with Gasteiger partial charge in [0.1, 0.15) is 0 Å². The lowest BCUT2D eigenvalue weighted by Crippen LogP contribution is -2.22. The van der Waals surface area contributed by atoms with Crippen LogP contribution in [0.4, 0.5) is 5.69 Å². The minimum Gasteiger partial charge on any atom is -0.371 e. The van der Waals surface area contributed by atoms with Gasteiger partial charge in [-0.3, -0.25) is 5.32 Å². The van der Waals surface area contributed by atoms with Crippen molar-refractivity contribution in [3.63, 3.8) is 0 Å². The molecule has 2 N–H and O–H groups in total. The van der Waals surface area contributed by atoms with Crippen LogP contribution < -0.4 is 10.6 Å². The van der Waals surface area contributed by atoms with Gasteiger partial charge < -0.3 is 5.32 Å². The number of benzene rings is 4. The van der Waals surface area contributed by atoms with Crippen molar-refractivity contribution < 1.29 is 0 Å². The normalized spacial score (nSPS) is 11.5. The first-order chi connectivity index (χ1) is 15.9. The molecule has 4 heteroatoms. The largest absolute Gasteiger partial charge is 0.371 e. The highest BCUT2D eigenvalue weighted by Gasteiger charge is 2.10. The first kappa shape index (κ1) is 18.7. The predicted molar refractivity (Wildman–Crippen MR) is 134 cm³/mol. The van der Waals surface area contributed by atoms with E-state index < -0.39 is 0 Å². The van der Waals surface area contributed by atoms with E-state index >= 15 is 0 Å². The van der Waals surface area contributed by atoms with Gasteiger partial charge in [0.15, 0.2) is 0 Å². The Kier molecular flexibility index (Phi) is 4.63. The van der Waals surface area contributed by atoms with E-state index in [1.165, 1.54) is 16.3 Å². The van der Waals surface area contributed by atoms with E-state index in [1.807, 2.05) is 24.3 Å². The lowest BCUT2D eigenvalue weighted by molar-refractivity contribution is 0.742. The number of hydrogen-bond acceptors (Lipinski definition) is 4. The highest BCUT2D eigenvalue weighted by molar-refractivity contribution is 6.07. The van der Waals surface area contributed by atoms with Crippen molar-refractivity contribution in [1.82, 2.24) is 15.3 Å². The fourth-order valence-electron chi connectivity index (χ4n) is 4.49. The molecule has 0 saturated carbocycles. The molecule has 0 amide bonds. The Morgan fingerprint density at radius 3 is 1.41 bits per heavy atom. The zero-order valence-corrected chi connectivity index (χ0v) is 17.5. The van der Waals surface area contributed by atoms with Crippen molar-refractivity contribution in [2.75, 3.05) is 12.0 Å². The third kappa shape index (κ3) is 3.22. The van der Waals surface area contributed by atoms with E-state index in [2.05, 4.69) is 83.4 Å². The van der Waals surface area contributed by atoms with Gasteiger partial charge in [-0.1, -0.05) is 72.8 Å². The molecule has 0 unspecified atom stereocenters. The fraction of sp³-hybridized carbons (Fsp3) is 0.0714. The van der Waals surface area contributed by atoms with Crippen molar-refractivity contribution in [3.05, 3.63) is 103 Å². The Morgan fingerprint density at radius 2 is 0.906 bits per heavy atom. The Hall–Kier alpha value is -4.02. The van der Waals surface area contributed by atoms with Crippen molar-refractivity contribution in [3.8, 4) is 0 Å². The van der Waals surface area contributed by atoms with Crippen LogP contribution in [-0.2, 0) is 6.54 Å². The number of pyridine rings is 2. The second-order valence-corrected chi connectivity index (χ2v) is 7.93. The molecule has 0 aliphatic heterocycles. The zero-order valence-electron chi connectivity index (χ0n) is 17.5. The maximum atomic E-state index is 4.83. The summed E-state index contributed by atoms with van der Waals surface area (Å²) in [5.41, 5.74) is 6.45. The molecule has 2 aromatic heterocycles. The highest BCUT2D eigenvalue weighted by Crippen LogP contribution is 2.30. The second-order valence-electron chi connectivity index (χ2n) is 7.93. The van der Waals surface area contributed by atoms with Gasteiger partial charge in [0.25, 0.3) is 0 Å². The third-order valence-corrected chi connectivity index (χ3v) is 5.98. The summed E-state index contributed by atoms with van der Waals surface area (Å²) in [7, 11) is 0. The van der Waals surface area contributed by atoms with E-state index in [0.29, 0.717) is 6.67 Å². The molecule has 6 aromatic rings. The van der Waals surface area contributed by atoms with Gasteiger partial charge in [-0.25, -0.2) is 9.97 Å². The number of anilines is 1. The van der Waals surface area contributed by atoms with E-state index in [9.17, 15) is 0 Å². The molecule has 4 aromatic carbocycles. The van der Waals surface area contributed by atoms with Crippen molar-refractivity contribution in [2.24, 2.45) is 0 Å². The van der Waals surface area contributed by atoms with Gasteiger partial charge in [-0.15, -0.1) is 0 Å². The SMILES string of the molecule is c1ccc2c(CNCNc3c4ccccc4nc4ccccc34)c3ccccc3nc2c1. The number of aromatic nitrogens is 2. The van der Waals surface area contributed by atoms with Crippen molar-refractivity contribution >= 4 is 49.3 Å². The predicted octanol–water partition coefficient (Wildman–Crippen LogP) is 6.25. The molecular weight excluding hydrogens is 392 g/mol. The summed E-state index contributed by atoms with van der Waals surface area (Å²) in [4.78, 5) is 9.65. The van der Waals surface area contributed by atoms with Gasteiger partial charge in [-0.2, -0.15) is 0 Å². The van der Waals surface area contributed by atoms with Crippen LogP contribution in [0.1, 0.15) is 5.56 Å². The molecule has 0 spiro atoms. The molecule has 2 heterocycles. The van der Waals surface area contributed by atoms with Gasteiger partial charge in [-0.05, 0) is 29.8 Å². The van der Waals surface area contributed by atoms with Crippen LogP contribution in [0.5, 0.6) is 0 Å². The molecular formula is C28H22N4. The van der Waals surface area contributed by atoms with Gasteiger partial charge >= 0.3 is 0 Å². The summed E-state index contributed by atoms with van der Waals surface area (Å²) in [5, 5.41) is 11.9. The first-order valence-corrected chi connectivity index (χ1v) is 10.9. The number of para-hydroxylation sites is 4. The molecule has 0 aliphatic rings. The number of nitrogens with one attached hydrogen (secondary N) is 2. The number of nitrogens with zero attached hydrogens (tertiary/aromatic N) is 2. The molecule has 0 saturated heterocycles. The first-order valence-electron chi connectivity index (χ1n) is 10.9. The molecule has 0 radical (unpaired) electrons. The molecule has 0 bridgehead atoms. The van der Waals surface area contributed by atoms with E-state index in [1.54, 1.807) is 0 Å². The van der Waals surface area contributed by atoms with Crippen molar-refractivity contribution in [2.45, 2.75) is 6.54 Å². The molecule has 6 rings (SSSR count). The molecule has 154 valence electrons. The van der Waals surface area contributed by atoms with Crippen LogP contribution in [0.25, 0.3) is 43.6 Å². The van der Waals surface area contributed by atoms with Crippen LogP contribution in [-0.4, -0.2) is 16.6 Å². The van der Waals surface area contributed by atoms with Crippen LogP contribution in [0.15, 0.2) is 97.1 Å². The van der Waals surface area contributed by atoms with Crippen LogP contribution in [0.2, 0.25) is 0 Å². The Morgan fingerprint density at radius 1 is 0.500 bits per heavy atom. The maximum Gasteiger partial charge on any atom is 0.0730 e. The van der Waals surface area contributed by atoms with E-state index in [0.717, 1.165) is 45.1 Å². The van der Waals surface area contributed by atoms with Gasteiger partial charge in [0.05, 0.1) is 34.4 Å². The minimum absolute atomic E-state index is 0.642. The molecule has 0 aliphatic carbocycles. The number of hydrogen-bond donors (Lipinski definition) is 2. The summed E-state index contributed by atoms with van der Waals surface area (Å²) < 4.78 is 0. The standard InChI is InChI=1S/C28H22N4/c1-5-13-24-19(9-1)23(20-10-2-6-14-25(20)31-24)17-29-18-30-28-21-11-3-7-15-26(21)32-27-16-8-4-12-22(27)28/h1-16,29H,17-18H2,(H,30,32). The monoisotopic (exact) mass is 414 g/mol. The lowest BCUT2D eigenvalue weighted by atomic mass is 10.0. The molecule has 0 fully saturated rings. The van der Waals surface area contributed by atoms with Crippen LogP contribution in [0, 0.1) is 0 Å². The lowest BCUT2D eigenvalue weighted by Gasteiger charge is -2.15. The number of rotatable bonds is 5. The molecule has 0 atom stereocenters. The topological polar surface area (TPSA) is 49.8 Å². The van der Waals surface area contributed by atoms with Crippen molar-refractivity contribution in [1.29, 1.82) is 0 Å². The summed E-state index contributed by atoms with van der Waals surface area (Å²) in [6.45, 7) is 1.39. The summed E-state index contributed by atoms with van der Waals surface area (Å²) in [6.07, 6.45) is 0. The summed E-state index contributed by atoms with van der Waals surface area (Å²) in [6, 6.07) is 33.3. The average molecular weight is 415 g/mol. The summed E-state index contributed by atoms with van der Waals surface area (Å²) >= 11 is 0. The van der Waals surface area contributed by atoms with Crippen LogP contribution in [0.3, 0.4) is 0 Å². The Labute approximate surface area is 185 Å². The Balaban J connectivity index is 1.32. The van der Waals surface area contributed by atoms with Crippen LogP contribution >= 0.6 is 0 Å². The second kappa shape index (κ2) is 7.91. The fourth-order valence-corrected chi connectivity index (χ4v) is 4.49. The third-order valence-electron chi connectivity index (χ3n) is 5.98. The zero-order chi connectivity index (χ0) is 21.3.